The molecular weight excluding hydrogens is 340 g/mol. The van der Waals surface area contributed by atoms with Crippen LogP contribution in [0.2, 0.25) is 0 Å². The molecule has 0 aromatic heterocycles. The van der Waals surface area contributed by atoms with E-state index in [1.165, 1.54) is 5.56 Å². The van der Waals surface area contributed by atoms with Crippen LogP contribution in [0.3, 0.4) is 0 Å². The molecule has 144 valence electrons. The first-order valence-electron chi connectivity index (χ1n) is 9.24. The van der Waals surface area contributed by atoms with Gasteiger partial charge in [0.25, 0.3) is 5.91 Å². The van der Waals surface area contributed by atoms with Gasteiger partial charge in [-0.05, 0) is 55.2 Å². The third-order valence-electron chi connectivity index (χ3n) is 4.33. The normalized spacial score (nSPS) is 11.6. The van der Waals surface area contributed by atoms with Crippen LogP contribution in [0, 0.1) is 0 Å². The van der Waals surface area contributed by atoms with E-state index >= 15 is 0 Å². The standard InChI is InChI=1S/C22H28N2O3/c1-5-17-9-12-20(13-10-17)27-16(2)22(26)23-19-8-6-7-18(15-19)11-14-21(25)24(3)4/h6-10,12-13,15-16H,5,11,14H2,1-4H3,(H,23,26). The first-order valence-corrected chi connectivity index (χ1v) is 9.24. The van der Waals surface area contributed by atoms with Gasteiger partial charge < -0.3 is 15.0 Å². The van der Waals surface area contributed by atoms with E-state index in [4.69, 9.17) is 4.74 Å². The lowest BCUT2D eigenvalue weighted by molar-refractivity contribution is -0.128. The van der Waals surface area contributed by atoms with E-state index in [0.717, 1.165) is 12.0 Å². The maximum absolute atomic E-state index is 12.4. The number of amides is 2. The van der Waals surface area contributed by atoms with Crippen LogP contribution in [0.1, 0.15) is 31.4 Å². The highest BCUT2D eigenvalue weighted by molar-refractivity contribution is 5.94. The lowest BCUT2D eigenvalue weighted by Crippen LogP contribution is -2.30. The number of ether oxygens (including phenoxy) is 1. The monoisotopic (exact) mass is 368 g/mol. The maximum atomic E-state index is 12.4. The molecule has 0 saturated heterocycles. The molecule has 0 aliphatic carbocycles. The van der Waals surface area contributed by atoms with Crippen molar-refractivity contribution < 1.29 is 14.3 Å². The molecule has 0 heterocycles. The van der Waals surface area contributed by atoms with E-state index in [1.54, 1.807) is 25.9 Å². The number of benzene rings is 2. The summed E-state index contributed by atoms with van der Waals surface area (Å²) in [5.74, 6) is 0.544. The number of nitrogens with zero attached hydrogens (tertiary/aromatic N) is 1. The van der Waals surface area contributed by atoms with Gasteiger partial charge >= 0.3 is 0 Å². The van der Waals surface area contributed by atoms with Gasteiger partial charge in [0.2, 0.25) is 5.91 Å². The van der Waals surface area contributed by atoms with E-state index in [2.05, 4.69) is 12.2 Å². The van der Waals surface area contributed by atoms with E-state index in [0.29, 0.717) is 24.3 Å². The molecule has 2 amide bonds. The van der Waals surface area contributed by atoms with Crippen LogP contribution in [-0.4, -0.2) is 36.9 Å². The minimum Gasteiger partial charge on any atom is -0.481 e. The molecule has 0 fully saturated rings. The van der Waals surface area contributed by atoms with Gasteiger partial charge in [-0.25, -0.2) is 0 Å². The summed E-state index contributed by atoms with van der Waals surface area (Å²) in [5, 5.41) is 2.88. The molecule has 1 N–H and O–H groups in total. The Morgan fingerprint density at radius 1 is 1.07 bits per heavy atom. The summed E-state index contributed by atoms with van der Waals surface area (Å²) < 4.78 is 5.72. The lowest BCUT2D eigenvalue weighted by atomic mass is 10.1. The smallest absolute Gasteiger partial charge is 0.265 e. The summed E-state index contributed by atoms with van der Waals surface area (Å²) >= 11 is 0. The predicted octanol–water partition coefficient (Wildman–Crippen LogP) is 3.68. The zero-order valence-corrected chi connectivity index (χ0v) is 16.5. The van der Waals surface area contributed by atoms with Crippen molar-refractivity contribution in [1.29, 1.82) is 0 Å². The molecule has 0 bridgehead atoms. The Bertz CT molecular complexity index is 769. The lowest BCUT2D eigenvalue weighted by Gasteiger charge is -2.15. The summed E-state index contributed by atoms with van der Waals surface area (Å²) in [6.07, 6.45) is 1.43. The molecule has 0 radical (unpaired) electrons. The van der Waals surface area contributed by atoms with E-state index in [-0.39, 0.29) is 11.8 Å². The molecule has 2 rings (SSSR count). The van der Waals surface area contributed by atoms with Gasteiger partial charge in [-0.15, -0.1) is 0 Å². The fraction of sp³-hybridized carbons (Fsp3) is 0.364. The first-order chi connectivity index (χ1) is 12.9. The van der Waals surface area contributed by atoms with Crippen molar-refractivity contribution in [2.24, 2.45) is 0 Å². The number of carbonyl (C=O) groups excluding carboxylic acids is 2. The van der Waals surface area contributed by atoms with Crippen LogP contribution >= 0.6 is 0 Å². The molecule has 1 unspecified atom stereocenters. The van der Waals surface area contributed by atoms with Crippen molar-refractivity contribution >= 4 is 17.5 Å². The minimum absolute atomic E-state index is 0.0838. The van der Waals surface area contributed by atoms with Crippen LogP contribution in [0.15, 0.2) is 48.5 Å². The number of hydrogen-bond donors (Lipinski definition) is 1. The van der Waals surface area contributed by atoms with Crippen LogP contribution < -0.4 is 10.1 Å². The molecule has 0 saturated carbocycles. The Morgan fingerprint density at radius 3 is 2.41 bits per heavy atom. The second-order valence-electron chi connectivity index (χ2n) is 6.74. The third-order valence-corrected chi connectivity index (χ3v) is 4.33. The number of carbonyl (C=O) groups is 2. The summed E-state index contributed by atoms with van der Waals surface area (Å²) in [6.45, 7) is 3.82. The van der Waals surface area contributed by atoms with Crippen molar-refractivity contribution in [3.8, 4) is 5.75 Å². The first kappa shape index (κ1) is 20.5. The molecule has 27 heavy (non-hydrogen) atoms. The zero-order valence-electron chi connectivity index (χ0n) is 16.5. The Balaban J connectivity index is 1.92. The topological polar surface area (TPSA) is 58.6 Å². The van der Waals surface area contributed by atoms with E-state index < -0.39 is 6.10 Å². The van der Waals surface area contributed by atoms with Gasteiger partial charge in [-0.3, -0.25) is 9.59 Å². The second-order valence-corrected chi connectivity index (χ2v) is 6.74. The van der Waals surface area contributed by atoms with Gasteiger partial charge in [-0.2, -0.15) is 0 Å². The summed E-state index contributed by atoms with van der Waals surface area (Å²) in [4.78, 5) is 25.7. The third kappa shape index (κ3) is 6.44. The number of aryl methyl sites for hydroxylation is 2. The molecule has 2 aromatic rings. The van der Waals surface area contributed by atoms with Gasteiger partial charge in [0.1, 0.15) is 5.75 Å². The van der Waals surface area contributed by atoms with Crippen molar-refractivity contribution in [2.75, 3.05) is 19.4 Å². The Kier molecular flexibility index (Phi) is 7.41. The summed E-state index contributed by atoms with van der Waals surface area (Å²) in [7, 11) is 3.49. The fourth-order valence-electron chi connectivity index (χ4n) is 2.58. The van der Waals surface area contributed by atoms with Crippen LogP contribution in [-0.2, 0) is 22.4 Å². The van der Waals surface area contributed by atoms with E-state index in [9.17, 15) is 9.59 Å². The molecule has 0 aliphatic rings. The number of anilines is 1. The van der Waals surface area contributed by atoms with Crippen LogP contribution in [0.5, 0.6) is 5.75 Å². The maximum Gasteiger partial charge on any atom is 0.265 e. The largest absolute Gasteiger partial charge is 0.481 e. The van der Waals surface area contributed by atoms with Gasteiger partial charge in [-0.1, -0.05) is 31.2 Å². The van der Waals surface area contributed by atoms with Crippen LogP contribution in [0.25, 0.3) is 0 Å². The molecule has 1 atom stereocenters. The molecule has 5 nitrogen and oxygen atoms in total. The quantitative estimate of drug-likeness (QED) is 0.773. The van der Waals surface area contributed by atoms with Gasteiger partial charge in [0.05, 0.1) is 0 Å². The minimum atomic E-state index is -0.614. The van der Waals surface area contributed by atoms with E-state index in [1.807, 2.05) is 48.5 Å². The highest BCUT2D eigenvalue weighted by Gasteiger charge is 2.15. The predicted molar refractivity (Wildman–Crippen MR) is 108 cm³/mol. The Morgan fingerprint density at radius 2 is 1.78 bits per heavy atom. The van der Waals surface area contributed by atoms with Gasteiger partial charge in [0, 0.05) is 26.2 Å². The molecular formula is C22H28N2O3. The zero-order chi connectivity index (χ0) is 19.8. The number of hydrogen-bond acceptors (Lipinski definition) is 3. The molecule has 0 aliphatic heterocycles. The summed E-state index contributed by atoms with van der Waals surface area (Å²) in [6, 6.07) is 15.3. The van der Waals surface area contributed by atoms with Crippen molar-refractivity contribution in [3.05, 3.63) is 59.7 Å². The highest BCUT2D eigenvalue weighted by atomic mass is 16.5. The molecule has 5 heteroatoms. The van der Waals surface area contributed by atoms with Crippen molar-refractivity contribution in [1.82, 2.24) is 4.90 Å². The second kappa shape index (κ2) is 9.76. The van der Waals surface area contributed by atoms with Crippen molar-refractivity contribution in [3.63, 3.8) is 0 Å². The summed E-state index contributed by atoms with van der Waals surface area (Å²) in [5.41, 5.74) is 2.93. The Hall–Kier alpha value is -2.82. The van der Waals surface area contributed by atoms with Crippen LogP contribution in [0.4, 0.5) is 5.69 Å². The van der Waals surface area contributed by atoms with Crippen molar-refractivity contribution in [2.45, 2.75) is 39.2 Å². The highest BCUT2D eigenvalue weighted by Crippen LogP contribution is 2.16. The number of nitrogens with one attached hydrogen (secondary N) is 1. The average molecular weight is 368 g/mol. The molecule has 0 spiro atoms. The van der Waals surface area contributed by atoms with Gasteiger partial charge in [0.15, 0.2) is 6.10 Å². The molecule has 2 aromatic carbocycles. The SMILES string of the molecule is CCc1ccc(OC(C)C(=O)Nc2cccc(CCC(=O)N(C)C)c2)cc1. The number of rotatable bonds is 8. The fourth-order valence-corrected chi connectivity index (χ4v) is 2.58. The Labute approximate surface area is 161 Å². The average Bonchev–Trinajstić information content (AvgIpc) is 2.66.